The fourth-order valence-electron chi connectivity index (χ4n) is 9.07. The molecule has 0 bridgehead atoms. The minimum Gasteiger partial charge on any atom is -0.299 e. The number of carbonyl (C=O) groups excluding carboxylic acids is 3. The van der Waals surface area contributed by atoms with Gasteiger partial charge < -0.3 is 0 Å². The first kappa shape index (κ1) is 24.6. The molecule has 0 N–H and O–H groups in total. The van der Waals surface area contributed by atoms with Crippen LogP contribution in [-0.2, 0) is 14.4 Å². The zero-order chi connectivity index (χ0) is 24.4. The zero-order valence-electron chi connectivity index (χ0n) is 22.0. The van der Waals surface area contributed by atoms with Crippen molar-refractivity contribution in [3.63, 3.8) is 0 Å². The van der Waals surface area contributed by atoms with Crippen LogP contribution in [0.15, 0.2) is 22.8 Å². The summed E-state index contributed by atoms with van der Waals surface area (Å²) in [4.78, 5) is 37.7. The molecule has 0 aromatic carbocycles. The average molecular weight is 453 g/mol. The number of fused-ring (bicyclic) bond motifs is 4. The Hall–Kier alpha value is -1.51. The number of rotatable bonds is 5. The Morgan fingerprint density at radius 2 is 1.76 bits per heavy atom. The normalized spacial score (nSPS) is 41.4. The van der Waals surface area contributed by atoms with E-state index >= 15 is 0 Å². The van der Waals surface area contributed by atoms with Crippen molar-refractivity contribution in [2.45, 2.75) is 106 Å². The van der Waals surface area contributed by atoms with Crippen molar-refractivity contribution in [3.8, 4) is 0 Å². The Balaban J connectivity index is 1.69. The van der Waals surface area contributed by atoms with E-state index in [-0.39, 0.29) is 27.6 Å². The summed E-state index contributed by atoms with van der Waals surface area (Å²) in [5.74, 6) is 2.08. The van der Waals surface area contributed by atoms with Gasteiger partial charge in [0, 0.05) is 29.2 Å². The maximum atomic E-state index is 14.0. The molecule has 0 saturated heterocycles. The number of ketones is 2. The van der Waals surface area contributed by atoms with E-state index in [1.165, 1.54) is 12.0 Å². The smallest absolute Gasteiger partial charge is 0.159 e. The monoisotopic (exact) mass is 452 g/mol. The molecule has 0 radical (unpaired) electrons. The SMILES string of the molecule is CC(C=O)=CCCC(C)C1CCC2(C)C3=C(C(=O)CC12C)C1(C)CCC(=O)C(C)(C)C1CC3. The third-order valence-corrected chi connectivity index (χ3v) is 11.3. The van der Waals surface area contributed by atoms with E-state index in [0.29, 0.717) is 36.2 Å². The second kappa shape index (κ2) is 8.02. The Kier molecular flexibility index (Phi) is 5.98. The molecule has 2 fully saturated rings. The van der Waals surface area contributed by atoms with E-state index < -0.39 is 0 Å². The molecule has 0 spiro atoms. The third kappa shape index (κ3) is 3.39. The Morgan fingerprint density at radius 3 is 2.42 bits per heavy atom. The molecular weight excluding hydrogens is 408 g/mol. The first-order chi connectivity index (χ1) is 15.3. The summed E-state index contributed by atoms with van der Waals surface area (Å²) in [5.41, 5.74) is 2.97. The second-order valence-corrected chi connectivity index (χ2v) is 13.1. The minimum absolute atomic E-state index is 0.00501. The number of hydrogen-bond donors (Lipinski definition) is 0. The fraction of sp³-hybridized carbons (Fsp3) is 0.767. The molecule has 0 heterocycles. The standard InChI is InChI=1S/C30H44O3/c1-19(18-31)9-8-10-20(2)21-13-16-29(6)22-11-12-24-27(3,4)25(33)14-15-28(24,5)26(22)23(32)17-30(21,29)7/h9,18,20-21,24H,8,10-17H2,1-7H3. The first-order valence-corrected chi connectivity index (χ1v) is 13.3. The van der Waals surface area contributed by atoms with Crippen LogP contribution in [0.3, 0.4) is 0 Å². The number of hydrogen-bond acceptors (Lipinski definition) is 3. The fourth-order valence-corrected chi connectivity index (χ4v) is 9.07. The van der Waals surface area contributed by atoms with Gasteiger partial charge in [0.05, 0.1) is 0 Å². The van der Waals surface area contributed by atoms with Gasteiger partial charge in [-0.25, -0.2) is 0 Å². The van der Waals surface area contributed by atoms with Crippen LogP contribution in [0.1, 0.15) is 106 Å². The topological polar surface area (TPSA) is 51.2 Å². The summed E-state index contributed by atoms with van der Waals surface area (Å²) in [6.45, 7) is 15.6. The number of aldehydes is 1. The summed E-state index contributed by atoms with van der Waals surface area (Å²) in [6.07, 6.45) is 11.4. The lowest BCUT2D eigenvalue weighted by molar-refractivity contribution is -0.142. The van der Waals surface area contributed by atoms with E-state index in [9.17, 15) is 14.4 Å². The van der Waals surface area contributed by atoms with Crippen molar-refractivity contribution >= 4 is 17.9 Å². The molecule has 4 aliphatic rings. The summed E-state index contributed by atoms with van der Waals surface area (Å²) in [7, 11) is 0. The highest BCUT2D eigenvalue weighted by molar-refractivity contribution is 6.00. The molecular formula is C30H44O3. The van der Waals surface area contributed by atoms with Gasteiger partial charge in [0.1, 0.15) is 12.1 Å². The summed E-state index contributed by atoms with van der Waals surface area (Å²) >= 11 is 0. The lowest BCUT2D eigenvalue weighted by atomic mass is 9.43. The van der Waals surface area contributed by atoms with Crippen molar-refractivity contribution in [2.75, 3.05) is 0 Å². The molecule has 6 atom stereocenters. The summed E-state index contributed by atoms with van der Waals surface area (Å²) in [5, 5.41) is 0. The second-order valence-electron chi connectivity index (χ2n) is 13.1. The van der Waals surface area contributed by atoms with E-state index in [0.717, 1.165) is 56.0 Å². The van der Waals surface area contributed by atoms with Crippen LogP contribution in [0.2, 0.25) is 0 Å². The van der Waals surface area contributed by atoms with Crippen molar-refractivity contribution < 1.29 is 14.4 Å². The number of allylic oxidation sites excluding steroid dienone is 4. The van der Waals surface area contributed by atoms with Crippen LogP contribution < -0.4 is 0 Å². The van der Waals surface area contributed by atoms with Gasteiger partial charge in [-0.3, -0.25) is 14.4 Å². The highest BCUT2D eigenvalue weighted by atomic mass is 16.1. The average Bonchev–Trinajstić information content (AvgIpc) is 3.02. The minimum atomic E-state index is -0.340. The quantitative estimate of drug-likeness (QED) is 0.332. The first-order valence-electron chi connectivity index (χ1n) is 13.3. The highest BCUT2D eigenvalue weighted by Crippen LogP contribution is 2.71. The summed E-state index contributed by atoms with van der Waals surface area (Å²) < 4.78 is 0. The molecule has 2 saturated carbocycles. The van der Waals surface area contributed by atoms with Gasteiger partial charge in [-0.05, 0) is 86.0 Å². The Bertz CT molecular complexity index is 936. The van der Waals surface area contributed by atoms with Gasteiger partial charge in [0.2, 0.25) is 0 Å². The maximum Gasteiger partial charge on any atom is 0.159 e. The van der Waals surface area contributed by atoms with Gasteiger partial charge in [-0.15, -0.1) is 0 Å². The lowest BCUT2D eigenvalue weighted by Gasteiger charge is -2.60. The molecule has 4 aliphatic carbocycles. The van der Waals surface area contributed by atoms with Crippen molar-refractivity contribution in [1.82, 2.24) is 0 Å². The molecule has 3 heteroatoms. The molecule has 3 nitrogen and oxygen atoms in total. The predicted molar refractivity (Wildman–Crippen MR) is 133 cm³/mol. The zero-order valence-corrected chi connectivity index (χ0v) is 22.0. The lowest BCUT2D eigenvalue weighted by Crippen LogP contribution is -2.56. The van der Waals surface area contributed by atoms with Gasteiger partial charge in [-0.2, -0.15) is 0 Å². The van der Waals surface area contributed by atoms with Gasteiger partial charge in [-0.1, -0.05) is 53.2 Å². The van der Waals surface area contributed by atoms with Crippen LogP contribution in [0, 0.1) is 39.4 Å². The molecule has 0 aliphatic heterocycles. The van der Waals surface area contributed by atoms with Crippen molar-refractivity contribution in [1.29, 1.82) is 0 Å². The van der Waals surface area contributed by atoms with Crippen molar-refractivity contribution in [2.24, 2.45) is 39.4 Å². The maximum absolute atomic E-state index is 14.0. The largest absolute Gasteiger partial charge is 0.299 e. The molecule has 0 amide bonds. The molecule has 0 aromatic rings. The number of carbonyl (C=O) groups is 3. The van der Waals surface area contributed by atoms with Gasteiger partial charge >= 0.3 is 0 Å². The van der Waals surface area contributed by atoms with Gasteiger partial charge in [0.25, 0.3) is 0 Å². The molecule has 6 unspecified atom stereocenters. The highest BCUT2D eigenvalue weighted by Gasteiger charge is 2.65. The molecule has 4 rings (SSSR count). The Labute approximate surface area is 200 Å². The number of Topliss-reactive ketones (excluding diaryl/α,β-unsaturated/α-hetero) is 2. The molecule has 0 aromatic heterocycles. The van der Waals surface area contributed by atoms with Gasteiger partial charge in [0.15, 0.2) is 5.78 Å². The van der Waals surface area contributed by atoms with Crippen LogP contribution in [0.4, 0.5) is 0 Å². The molecule has 33 heavy (non-hydrogen) atoms. The van der Waals surface area contributed by atoms with E-state index in [2.05, 4.69) is 47.6 Å². The van der Waals surface area contributed by atoms with Crippen LogP contribution in [-0.4, -0.2) is 17.9 Å². The van der Waals surface area contributed by atoms with E-state index in [1.807, 2.05) is 6.92 Å². The van der Waals surface area contributed by atoms with E-state index in [1.54, 1.807) is 0 Å². The summed E-state index contributed by atoms with van der Waals surface area (Å²) in [6, 6.07) is 0. The predicted octanol–water partition coefficient (Wildman–Crippen LogP) is 7.05. The third-order valence-electron chi connectivity index (χ3n) is 11.3. The van der Waals surface area contributed by atoms with Crippen LogP contribution in [0.25, 0.3) is 0 Å². The van der Waals surface area contributed by atoms with E-state index in [4.69, 9.17) is 0 Å². The Morgan fingerprint density at radius 1 is 1.06 bits per heavy atom. The molecule has 182 valence electrons. The van der Waals surface area contributed by atoms with Crippen LogP contribution in [0.5, 0.6) is 0 Å². The van der Waals surface area contributed by atoms with Crippen molar-refractivity contribution in [3.05, 3.63) is 22.8 Å². The van der Waals surface area contributed by atoms with Crippen LogP contribution >= 0.6 is 0 Å².